The summed E-state index contributed by atoms with van der Waals surface area (Å²) >= 11 is 0. The van der Waals surface area contributed by atoms with Gasteiger partial charge < -0.3 is 14.6 Å². The number of rotatable bonds is 8. The number of aldehydes is 1. The molecular formula is C24H23N3O3. The molecule has 152 valence electrons. The zero-order valence-electron chi connectivity index (χ0n) is 17.0. The molecule has 1 N–H and O–H groups in total. The Balaban J connectivity index is 1.72. The van der Waals surface area contributed by atoms with E-state index < -0.39 is 5.78 Å². The van der Waals surface area contributed by atoms with Crippen LogP contribution in [0.2, 0.25) is 0 Å². The first kappa shape index (κ1) is 19.8. The summed E-state index contributed by atoms with van der Waals surface area (Å²) in [5, 5.41) is 5.51. The fraction of sp³-hybridized carbons (Fsp3) is 0.208. The van der Waals surface area contributed by atoms with Crippen LogP contribution < -0.4 is 5.32 Å². The highest BCUT2D eigenvalue weighted by molar-refractivity contribution is 6.37. The van der Waals surface area contributed by atoms with Crippen molar-refractivity contribution in [2.45, 2.75) is 6.42 Å². The zero-order valence-corrected chi connectivity index (χ0v) is 17.0. The number of nitrogens with zero attached hydrogens (tertiary/aromatic N) is 2. The molecular weight excluding hydrogens is 378 g/mol. The zero-order chi connectivity index (χ0) is 21.1. The molecule has 0 unspecified atom stereocenters. The van der Waals surface area contributed by atoms with Crippen LogP contribution in [-0.2, 0) is 11.2 Å². The Morgan fingerprint density at radius 1 is 1.10 bits per heavy atom. The lowest BCUT2D eigenvalue weighted by atomic mass is 10.0. The predicted molar refractivity (Wildman–Crippen MR) is 118 cm³/mol. The molecule has 0 saturated heterocycles. The van der Waals surface area contributed by atoms with E-state index in [0.29, 0.717) is 41.9 Å². The number of fused-ring (bicyclic) bond motifs is 2. The van der Waals surface area contributed by atoms with Gasteiger partial charge in [-0.1, -0.05) is 42.5 Å². The van der Waals surface area contributed by atoms with Crippen LogP contribution in [0, 0.1) is 0 Å². The maximum absolute atomic E-state index is 12.4. The fourth-order valence-corrected chi connectivity index (χ4v) is 3.59. The molecule has 0 aliphatic heterocycles. The summed E-state index contributed by atoms with van der Waals surface area (Å²) in [5.74, 6) is -0.118. The Labute approximate surface area is 174 Å². The molecule has 0 aliphatic carbocycles. The first-order valence-electron chi connectivity index (χ1n) is 9.84. The SMILES string of the molecule is CN(C)CCNc1ccc2nc(Cc3cccc4ccccc34)oc2c1C(=O)C=O. The van der Waals surface area contributed by atoms with Crippen LogP contribution in [0.4, 0.5) is 5.69 Å². The maximum atomic E-state index is 12.4. The van der Waals surface area contributed by atoms with Crippen LogP contribution in [0.5, 0.6) is 0 Å². The predicted octanol–water partition coefficient (Wildman–Crippen LogP) is 3.93. The third kappa shape index (κ3) is 3.95. The number of hydrogen-bond acceptors (Lipinski definition) is 6. The normalized spacial score (nSPS) is 11.3. The summed E-state index contributed by atoms with van der Waals surface area (Å²) in [7, 11) is 3.94. The number of aromatic nitrogens is 1. The van der Waals surface area contributed by atoms with Crippen molar-refractivity contribution in [1.29, 1.82) is 0 Å². The van der Waals surface area contributed by atoms with Crippen molar-refractivity contribution in [2.24, 2.45) is 0 Å². The van der Waals surface area contributed by atoms with E-state index in [1.54, 1.807) is 6.07 Å². The lowest BCUT2D eigenvalue weighted by Gasteiger charge is -2.13. The number of anilines is 1. The smallest absolute Gasteiger partial charge is 0.231 e. The fourth-order valence-electron chi connectivity index (χ4n) is 3.59. The highest BCUT2D eigenvalue weighted by Crippen LogP contribution is 2.29. The van der Waals surface area contributed by atoms with Gasteiger partial charge in [-0.3, -0.25) is 9.59 Å². The topological polar surface area (TPSA) is 75.4 Å². The highest BCUT2D eigenvalue weighted by atomic mass is 16.3. The Hall–Kier alpha value is -3.51. The van der Waals surface area contributed by atoms with Crippen molar-refractivity contribution in [2.75, 3.05) is 32.5 Å². The van der Waals surface area contributed by atoms with Gasteiger partial charge in [-0.05, 0) is 42.6 Å². The lowest BCUT2D eigenvalue weighted by molar-refractivity contribution is -0.104. The van der Waals surface area contributed by atoms with E-state index in [2.05, 4.69) is 28.5 Å². The minimum absolute atomic E-state index is 0.234. The number of carbonyl (C=O) groups is 2. The van der Waals surface area contributed by atoms with Gasteiger partial charge in [0.05, 0.1) is 12.0 Å². The van der Waals surface area contributed by atoms with Gasteiger partial charge in [-0.2, -0.15) is 0 Å². The molecule has 1 heterocycles. The summed E-state index contributed by atoms with van der Waals surface area (Å²) in [4.78, 5) is 30.3. The molecule has 3 aromatic carbocycles. The second-order valence-electron chi connectivity index (χ2n) is 7.47. The van der Waals surface area contributed by atoms with Gasteiger partial charge in [0.2, 0.25) is 5.78 Å². The molecule has 0 amide bonds. The van der Waals surface area contributed by atoms with Gasteiger partial charge in [0.15, 0.2) is 17.8 Å². The first-order valence-corrected chi connectivity index (χ1v) is 9.84. The van der Waals surface area contributed by atoms with E-state index in [1.165, 1.54) is 0 Å². The molecule has 0 bridgehead atoms. The standard InChI is InChI=1S/C24H23N3O3/c1-27(2)13-12-25-19-10-11-20-24(23(19)21(29)15-28)30-22(26-20)14-17-8-5-7-16-6-3-4-9-18(16)17/h3-11,15,25H,12-14H2,1-2H3. The number of hydrogen-bond donors (Lipinski definition) is 1. The summed E-state index contributed by atoms with van der Waals surface area (Å²) in [6.45, 7) is 1.42. The Morgan fingerprint density at radius 3 is 2.70 bits per heavy atom. The van der Waals surface area contributed by atoms with Crippen molar-refractivity contribution >= 4 is 39.6 Å². The summed E-state index contributed by atoms with van der Waals surface area (Å²) in [6, 6.07) is 17.9. The average Bonchev–Trinajstić information content (AvgIpc) is 3.15. The lowest BCUT2D eigenvalue weighted by Crippen LogP contribution is -2.21. The number of Topliss-reactive ketones (excluding diaryl/α,β-unsaturated/α-hetero) is 1. The van der Waals surface area contributed by atoms with Crippen molar-refractivity contribution in [3.63, 3.8) is 0 Å². The van der Waals surface area contributed by atoms with Gasteiger partial charge in [-0.15, -0.1) is 0 Å². The minimum Gasteiger partial charge on any atom is -0.439 e. The molecule has 0 aliphatic rings. The molecule has 0 spiro atoms. The van der Waals surface area contributed by atoms with Gasteiger partial charge in [0, 0.05) is 18.8 Å². The third-order valence-corrected chi connectivity index (χ3v) is 5.05. The van der Waals surface area contributed by atoms with Crippen LogP contribution in [0.3, 0.4) is 0 Å². The third-order valence-electron chi connectivity index (χ3n) is 5.05. The summed E-state index contributed by atoms with van der Waals surface area (Å²) in [6.07, 6.45) is 0.812. The van der Waals surface area contributed by atoms with Gasteiger partial charge in [-0.25, -0.2) is 4.98 Å². The molecule has 1 aromatic heterocycles. The Bertz CT molecular complexity index is 1220. The molecule has 4 rings (SSSR count). The number of benzene rings is 3. The summed E-state index contributed by atoms with van der Waals surface area (Å²) < 4.78 is 6.00. The van der Waals surface area contributed by atoms with Crippen molar-refractivity contribution in [1.82, 2.24) is 9.88 Å². The van der Waals surface area contributed by atoms with Crippen LogP contribution in [-0.4, -0.2) is 49.1 Å². The first-order chi connectivity index (χ1) is 14.6. The van der Waals surface area contributed by atoms with Crippen LogP contribution >= 0.6 is 0 Å². The Morgan fingerprint density at radius 2 is 1.90 bits per heavy atom. The number of nitrogens with one attached hydrogen (secondary N) is 1. The monoisotopic (exact) mass is 401 g/mol. The summed E-state index contributed by atoms with van der Waals surface area (Å²) in [5.41, 5.74) is 2.81. The van der Waals surface area contributed by atoms with E-state index in [0.717, 1.165) is 22.9 Å². The molecule has 4 aromatic rings. The van der Waals surface area contributed by atoms with E-state index in [4.69, 9.17) is 4.42 Å². The quantitative estimate of drug-likeness (QED) is 0.274. The van der Waals surface area contributed by atoms with Gasteiger partial charge in [0.1, 0.15) is 5.52 Å². The molecule has 6 heteroatoms. The molecule has 0 atom stereocenters. The van der Waals surface area contributed by atoms with Crippen molar-refractivity contribution < 1.29 is 14.0 Å². The molecule has 6 nitrogen and oxygen atoms in total. The number of likely N-dealkylation sites (N-methyl/N-ethyl adjacent to an activating group) is 1. The van der Waals surface area contributed by atoms with E-state index >= 15 is 0 Å². The number of carbonyl (C=O) groups excluding carboxylic acids is 2. The van der Waals surface area contributed by atoms with E-state index in [1.807, 2.05) is 49.3 Å². The molecule has 0 radical (unpaired) electrons. The molecule has 30 heavy (non-hydrogen) atoms. The average molecular weight is 401 g/mol. The Kier molecular flexibility index (Phi) is 5.59. The van der Waals surface area contributed by atoms with Crippen LogP contribution in [0.15, 0.2) is 59.0 Å². The highest BCUT2D eigenvalue weighted by Gasteiger charge is 2.20. The maximum Gasteiger partial charge on any atom is 0.231 e. The van der Waals surface area contributed by atoms with Gasteiger partial charge in [0.25, 0.3) is 0 Å². The van der Waals surface area contributed by atoms with E-state index in [9.17, 15) is 9.59 Å². The molecule has 0 saturated carbocycles. The van der Waals surface area contributed by atoms with Gasteiger partial charge >= 0.3 is 0 Å². The second-order valence-corrected chi connectivity index (χ2v) is 7.47. The van der Waals surface area contributed by atoms with Crippen molar-refractivity contribution in [3.8, 4) is 0 Å². The largest absolute Gasteiger partial charge is 0.439 e. The van der Waals surface area contributed by atoms with E-state index in [-0.39, 0.29) is 5.56 Å². The number of ketones is 1. The van der Waals surface area contributed by atoms with Crippen LogP contribution in [0.1, 0.15) is 21.8 Å². The number of oxazole rings is 1. The van der Waals surface area contributed by atoms with Crippen molar-refractivity contribution in [3.05, 3.63) is 71.6 Å². The van der Waals surface area contributed by atoms with Crippen LogP contribution in [0.25, 0.3) is 21.9 Å². The minimum atomic E-state index is -0.624. The molecule has 0 fully saturated rings. The second kappa shape index (κ2) is 8.47.